The molecule has 0 unspecified atom stereocenters. The Bertz CT molecular complexity index is 829. The second-order valence-electron chi connectivity index (χ2n) is 6.23. The molecule has 0 aliphatic carbocycles. The number of piperidine rings is 1. The van der Waals surface area contributed by atoms with Gasteiger partial charge in [-0.05, 0) is 18.2 Å². The highest BCUT2D eigenvalue weighted by Gasteiger charge is 2.40. The van der Waals surface area contributed by atoms with E-state index in [4.69, 9.17) is 18.6 Å². The summed E-state index contributed by atoms with van der Waals surface area (Å²) in [6.07, 6.45) is 1.36. The molecule has 1 spiro atoms. The van der Waals surface area contributed by atoms with E-state index in [1.54, 1.807) is 29.2 Å². The standard InChI is InChI=1S/C18H19NO6/c20-16(19-7-5-18(6-8-19)23-9-10-24-18)12-22-14-3-1-13-2-4-17(21)25-15(13)11-14/h1-4,11H,5-10,12H2. The summed E-state index contributed by atoms with van der Waals surface area (Å²) in [5, 5.41) is 0.802. The quantitative estimate of drug-likeness (QED) is 0.785. The molecule has 1 aromatic heterocycles. The van der Waals surface area contributed by atoms with Crippen LogP contribution in [0, 0.1) is 0 Å². The van der Waals surface area contributed by atoms with Gasteiger partial charge in [0.1, 0.15) is 11.3 Å². The van der Waals surface area contributed by atoms with Crippen LogP contribution in [0.4, 0.5) is 0 Å². The number of nitrogens with zero attached hydrogens (tertiary/aromatic N) is 1. The van der Waals surface area contributed by atoms with E-state index in [1.165, 1.54) is 6.07 Å². The van der Waals surface area contributed by atoms with Crippen molar-refractivity contribution in [1.82, 2.24) is 4.90 Å². The van der Waals surface area contributed by atoms with Crippen LogP contribution in [0.25, 0.3) is 11.0 Å². The smallest absolute Gasteiger partial charge is 0.336 e. The monoisotopic (exact) mass is 345 g/mol. The molecule has 0 atom stereocenters. The molecule has 1 amide bonds. The Morgan fingerprint density at radius 1 is 1.12 bits per heavy atom. The zero-order valence-electron chi connectivity index (χ0n) is 13.7. The van der Waals surface area contributed by atoms with Crippen molar-refractivity contribution in [2.75, 3.05) is 32.9 Å². The maximum Gasteiger partial charge on any atom is 0.336 e. The number of hydrogen-bond acceptors (Lipinski definition) is 6. The van der Waals surface area contributed by atoms with Crippen molar-refractivity contribution in [2.45, 2.75) is 18.6 Å². The lowest BCUT2D eigenvalue weighted by atomic mass is 10.0. The van der Waals surface area contributed by atoms with Gasteiger partial charge in [-0.2, -0.15) is 0 Å². The predicted molar refractivity (Wildman–Crippen MR) is 88.4 cm³/mol. The number of hydrogen-bond donors (Lipinski definition) is 0. The highest BCUT2D eigenvalue weighted by molar-refractivity contribution is 5.79. The van der Waals surface area contributed by atoms with Gasteiger partial charge in [-0.3, -0.25) is 4.79 Å². The van der Waals surface area contributed by atoms with E-state index < -0.39 is 11.4 Å². The molecule has 2 saturated heterocycles. The Hall–Kier alpha value is -2.38. The van der Waals surface area contributed by atoms with E-state index in [9.17, 15) is 9.59 Å². The minimum atomic E-state index is -0.493. The van der Waals surface area contributed by atoms with Crippen molar-refractivity contribution in [2.24, 2.45) is 0 Å². The number of likely N-dealkylation sites (tertiary alicyclic amines) is 1. The lowest BCUT2D eigenvalue weighted by molar-refractivity contribution is -0.187. The summed E-state index contributed by atoms with van der Waals surface area (Å²) in [7, 11) is 0. The van der Waals surface area contributed by atoms with Crippen molar-refractivity contribution in [3.05, 3.63) is 40.8 Å². The molecule has 2 aromatic rings. The first-order valence-corrected chi connectivity index (χ1v) is 8.36. The number of ether oxygens (including phenoxy) is 3. The van der Waals surface area contributed by atoms with Crippen LogP contribution in [-0.4, -0.2) is 49.5 Å². The average molecular weight is 345 g/mol. The molecular formula is C18H19NO6. The predicted octanol–water partition coefficient (Wildman–Crippen LogP) is 1.54. The van der Waals surface area contributed by atoms with Crippen molar-refractivity contribution < 1.29 is 23.4 Å². The van der Waals surface area contributed by atoms with Crippen LogP contribution in [0.2, 0.25) is 0 Å². The Labute approximate surface area is 144 Å². The van der Waals surface area contributed by atoms with Gasteiger partial charge in [0.25, 0.3) is 5.91 Å². The number of amides is 1. The molecule has 0 N–H and O–H groups in total. The third kappa shape index (κ3) is 3.38. The first-order valence-electron chi connectivity index (χ1n) is 8.36. The Morgan fingerprint density at radius 3 is 2.60 bits per heavy atom. The third-order valence-corrected chi connectivity index (χ3v) is 4.65. The molecule has 132 valence electrons. The maximum absolute atomic E-state index is 12.3. The van der Waals surface area contributed by atoms with E-state index in [-0.39, 0.29) is 12.5 Å². The van der Waals surface area contributed by atoms with Crippen LogP contribution >= 0.6 is 0 Å². The zero-order valence-corrected chi connectivity index (χ0v) is 13.7. The summed E-state index contributed by atoms with van der Waals surface area (Å²) in [6.45, 7) is 2.37. The fourth-order valence-corrected chi connectivity index (χ4v) is 3.25. The van der Waals surface area contributed by atoms with Crippen LogP contribution < -0.4 is 10.4 Å². The lowest BCUT2D eigenvalue weighted by Gasteiger charge is -2.37. The first kappa shape index (κ1) is 16.1. The molecule has 0 bridgehead atoms. The largest absolute Gasteiger partial charge is 0.484 e. The van der Waals surface area contributed by atoms with E-state index >= 15 is 0 Å². The minimum Gasteiger partial charge on any atom is -0.484 e. The van der Waals surface area contributed by atoms with Crippen LogP contribution in [0.1, 0.15) is 12.8 Å². The highest BCUT2D eigenvalue weighted by Crippen LogP contribution is 2.31. The molecule has 25 heavy (non-hydrogen) atoms. The SMILES string of the molecule is O=C(COc1ccc2ccc(=O)oc2c1)N1CCC2(CC1)OCCO2. The van der Waals surface area contributed by atoms with Gasteiger partial charge < -0.3 is 23.5 Å². The van der Waals surface area contributed by atoms with E-state index in [1.807, 2.05) is 0 Å². The maximum atomic E-state index is 12.3. The second kappa shape index (κ2) is 6.50. The summed E-state index contributed by atoms with van der Waals surface area (Å²) in [5.41, 5.74) is 0.0206. The molecule has 7 heteroatoms. The molecule has 0 radical (unpaired) electrons. The van der Waals surface area contributed by atoms with Crippen molar-refractivity contribution in [3.63, 3.8) is 0 Å². The second-order valence-corrected chi connectivity index (χ2v) is 6.23. The number of fused-ring (bicyclic) bond motifs is 1. The van der Waals surface area contributed by atoms with Crippen molar-refractivity contribution in [1.29, 1.82) is 0 Å². The summed E-state index contributed by atoms with van der Waals surface area (Å²) in [5.74, 6) is -0.0818. The summed E-state index contributed by atoms with van der Waals surface area (Å²) < 4.78 is 22.0. The van der Waals surface area contributed by atoms with E-state index in [0.29, 0.717) is 50.5 Å². The van der Waals surface area contributed by atoms with Crippen molar-refractivity contribution in [3.8, 4) is 5.75 Å². The van der Waals surface area contributed by atoms with Gasteiger partial charge >= 0.3 is 5.63 Å². The fraction of sp³-hybridized carbons (Fsp3) is 0.444. The van der Waals surface area contributed by atoms with Crippen LogP contribution in [0.5, 0.6) is 5.75 Å². The van der Waals surface area contributed by atoms with Crippen molar-refractivity contribution >= 4 is 16.9 Å². The van der Waals surface area contributed by atoms with Gasteiger partial charge in [0, 0.05) is 43.5 Å². The molecule has 1 aromatic carbocycles. The summed E-state index contributed by atoms with van der Waals surface area (Å²) in [4.78, 5) is 25.4. The number of carbonyl (C=O) groups excluding carboxylic acids is 1. The van der Waals surface area contributed by atoms with Gasteiger partial charge in [-0.25, -0.2) is 4.79 Å². The molecule has 3 heterocycles. The summed E-state index contributed by atoms with van der Waals surface area (Å²) >= 11 is 0. The molecule has 4 rings (SSSR count). The highest BCUT2D eigenvalue weighted by atomic mass is 16.7. The molecule has 7 nitrogen and oxygen atoms in total. The van der Waals surface area contributed by atoms with Gasteiger partial charge in [0.15, 0.2) is 12.4 Å². The van der Waals surface area contributed by atoms with E-state index in [2.05, 4.69) is 0 Å². The van der Waals surface area contributed by atoms with E-state index in [0.717, 1.165) is 5.39 Å². The topological polar surface area (TPSA) is 78.2 Å². The molecule has 2 fully saturated rings. The van der Waals surface area contributed by atoms with Gasteiger partial charge in [0.05, 0.1) is 13.2 Å². The van der Waals surface area contributed by atoms with Crippen LogP contribution in [-0.2, 0) is 14.3 Å². The fourth-order valence-electron chi connectivity index (χ4n) is 3.25. The molecule has 0 saturated carbocycles. The first-order chi connectivity index (χ1) is 12.1. The normalized spacial score (nSPS) is 19.4. The summed E-state index contributed by atoms with van der Waals surface area (Å²) in [6, 6.07) is 8.22. The van der Waals surface area contributed by atoms with Gasteiger partial charge in [-0.15, -0.1) is 0 Å². The van der Waals surface area contributed by atoms with Crippen LogP contribution in [0.15, 0.2) is 39.5 Å². The Morgan fingerprint density at radius 2 is 1.84 bits per heavy atom. The molecule has 2 aliphatic rings. The van der Waals surface area contributed by atoms with Gasteiger partial charge in [0.2, 0.25) is 0 Å². The van der Waals surface area contributed by atoms with Crippen LogP contribution in [0.3, 0.4) is 0 Å². The Kier molecular flexibility index (Phi) is 4.19. The number of benzene rings is 1. The molecule has 2 aliphatic heterocycles. The Balaban J connectivity index is 1.35. The third-order valence-electron chi connectivity index (χ3n) is 4.65. The number of carbonyl (C=O) groups is 1. The molecular weight excluding hydrogens is 326 g/mol. The lowest BCUT2D eigenvalue weighted by Crippen LogP contribution is -2.48. The zero-order chi connectivity index (χ0) is 17.3. The van der Waals surface area contributed by atoms with Gasteiger partial charge in [-0.1, -0.05) is 0 Å². The number of rotatable bonds is 3. The average Bonchev–Trinajstić information content (AvgIpc) is 3.08. The minimum absolute atomic E-state index is 0.0582.